The molecule has 1 saturated heterocycles. The highest BCUT2D eigenvalue weighted by molar-refractivity contribution is 7.14. The summed E-state index contributed by atoms with van der Waals surface area (Å²) in [5.74, 6) is -1.00. The van der Waals surface area contributed by atoms with E-state index in [2.05, 4.69) is 4.98 Å². The van der Waals surface area contributed by atoms with Crippen LogP contribution in [0.4, 0.5) is 5.13 Å². The van der Waals surface area contributed by atoms with E-state index >= 15 is 0 Å². The van der Waals surface area contributed by atoms with E-state index in [1.54, 1.807) is 35.8 Å². The molecule has 1 aliphatic rings. The van der Waals surface area contributed by atoms with Crippen LogP contribution in [0.15, 0.2) is 65.7 Å². The van der Waals surface area contributed by atoms with Crippen LogP contribution in [0.1, 0.15) is 29.7 Å². The molecular formula is C23H20N2O4S. The second kappa shape index (κ2) is 8.12. The average Bonchev–Trinajstić information content (AvgIpc) is 3.36. The van der Waals surface area contributed by atoms with Gasteiger partial charge in [0.25, 0.3) is 5.78 Å². The number of ketones is 1. The molecule has 0 unspecified atom stereocenters. The second-order valence-corrected chi connectivity index (χ2v) is 7.72. The van der Waals surface area contributed by atoms with E-state index in [9.17, 15) is 14.7 Å². The van der Waals surface area contributed by atoms with Crippen molar-refractivity contribution in [3.05, 3.63) is 82.4 Å². The number of nitrogens with zero attached hydrogens (tertiary/aromatic N) is 2. The Labute approximate surface area is 178 Å². The SMILES string of the molecule is CCOc1ccc(/C(O)=C2\C(=O)C(=O)N(c3nccs3)[C@@H]2c2ccc(C)cc2)cc1. The minimum Gasteiger partial charge on any atom is -0.507 e. The summed E-state index contributed by atoms with van der Waals surface area (Å²) in [7, 11) is 0. The highest BCUT2D eigenvalue weighted by Gasteiger charge is 2.47. The molecule has 0 bridgehead atoms. The van der Waals surface area contributed by atoms with E-state index in [0.29, 0.717) is 23.1 Å². The molecule has 30 heavy (non-hydrogen) atoms. The lowest BCUT2D eigenvalue weighted by atomic mass is 9.95. The van der Waals surface area contributed by atoms with Gasteiger partial charge in [0.1, 0.15) is 11.5 Å². The number of aromatic nitrogens is 1. The van der Waals surface area contributed by atoms with E-state index < -0.39 is 17.7 Å². The summed E-state index contributed by atoms with van der Waals surface area (Å²) in [6.07, 6.45) is 1.58. The van der Waals surface area contributed by atoms with Crippen molar-refractivity contribution < 1.29 is 19.4 Å². The van der Waals surface area contributed by atoms with Gasteiger partial charge < -0.3 is 9.84 Å². The molecule has 6 nitrogen and oxygen atoms in total. The van der Waals surface area contributed by atoms with Gasteiger partial charge in [0.05, 0.1) is 18.2 Å². The lowest BCUT2D eigenvalue weighted by Gasteiger charge is -2.23. The minimum atomic E-state index is -0.761. The molecule has 7 heteroatoms. The number of hydrogen-bond acceptors (Lipinski definition) is 6. The molecule has 1 N–H and O–H groups in total. The summed E-state index contributed by atoms with van der Waals surface area (Å²) in [5.41, 5.74) is 2.26. The normalized spacial score (nSPS) is 18.1. The van der Waals surface area contributed by atoms with Crippen molar-refractivity contribution in [2.75, 3.05) is 11.5 Å². The van der Waals surface area contributed by atoms with E-state index in [-0.39, 0.29) is 11.3 Å². The monoisotopic (exact) mass is 420 g/mol. The van der Waals surface area contributed by atoms with Gasteiger partial charge >= 0.3 is 5.91 Å². The second-order valence-electron chi connectivity index (χ2n) is 6.85. The number of aryl methyl sites for hydroxylation is 1. The molecule has 0 saturated carbocycles. The maximum absolute atomic E-state index is 13.0. The van der Waals surface area contributed by atoms with Gasteiger partial charge in [-0.25, -0.2) is 4.98 Å². The zero-order valence-corrected chi connectivity index (χ0v) is 17.3. The third kappa shape index (κ3) is 3.48. The molecule has 0 aliphatic carbocycles. The molecule has 1 aliphatic heterocycles. The van der Waals surface area contributed by atoms with Crippen molar-refractivity contribution in [2.24, 2.45) is 0 Å². The molecule has 1 atom stereocenters. The van der Waals surface area contributed by atoms with E-state index in [0.717, 1.165) is 11.1 Å². The quantitative estimate of drug-likeness (QED) is 0.374. The van der Waals surface area contributed by atoms with Crippen molar-refractivity contribution in [3.8, 4) is 5.75 Å². The van der Waals surface area contributed by atoms with Crippen LogP contribution in [0.5, 0.6) is 5.75 Å². The molecule has 0 radical (unpaired) electrons. The summed E-state index contributed by atoms with van der Waals surface area (Å²) in [4.78, 5) is 31.5. The topological polar surface area (TPSA) is 79.7 Å². The standard InChI is InChI=1S/C23H20N2O4S/c1-3-29-17-10-8-16(9-11-17)20(26)18-19(15-6-4-14(2)5-7-15)25(22(28)21(18)27)23-24-12-13-30-23/h4-13,19,26H,3H2,1-2H3/b20-18+/t19-/m1/s1. The molecule has 1 aromatic heterocycles. The molecule has 1 amide bonds. The van der Waals surface area contributed by atoms with Gasteiger partial charge in [-0.15, -0.1) is 11.3 Å². The van der Waals surface area contributed by atoms with Gasteiger partial charge in [0, 0.05) is 17.1 Å². The summed E-state index contributed by atoms with van der Waals surface area (Å²) in [6, 6.07) is 13.6. The van der Waals surface area contributed by atoms with Crippen LogP contribution in [0.3, 0.4) is 0 Å². The van der Waals surface area contributed by atoms with Gasteiger partial charge in [0.15, 0.2) is 5.13 Å². The zero-order chi connectivity index (χ0) is 21.3. The van der Waals surface area contributed by atoms with Crippen LogP contribution >= 0.6 is 11.3 Å². The Bertz CT molecular complexity index is 1100. The first-order chi connectivity index (χ1) is 14.5. The number of ether oxygens (including phenoxy) is 1. The highest BCUT2D eigenvalue weighted by Crippen LogP contribution is 2.42. The smallest absolute Gasteiger partial charge is 0.301 e. The fourth-order valence-electron chi connectivity index (χ4n) is 3.46. The molecule has 4 rings (SSSR count). The number of aliphatic hydroxyl groups excluding tert-OH is 1. The number of benzene rings is 2. The molecule has 2 aromatic carbocycles. The number of carbonyl (C=O) groups excluding carboxylic acids is 2. The Hall–Kier alpha value is -3.45. The van der Waals surface area contributed by atoms with Crippen LogP contribution < -0.4 is 9.64 Å². The maximum Gasteiger partial charge on any atom is 0.301 e. The lowest BCUT2D eigenvalue weighted by molar-refractivity contribution is -0.132. The number of anilines is 1. The van der Waals surface area contributed by atoms with Crippen molar-refractivity contribution in [1.29, 1.82) is 0 Å². The van der Waals surface area contributed by atoms with Gasteiger partial charge in [-0.1, -0.05) is 29.8 Å². The summed E-state index contributed by atoms with van der Waals surface area (Å²) in [5, 5.41) is 13.2. The van der Waals surface area contributed by atoms with Crippen molar-refractivity contribution in [3.63, 3.8) is 0 Å². The van der Waals surface area contributed by atoms with Crippen LogP contribution in [0.25, 0.3) is 5.76 Å². The van der Waals surface area contributed by atoms with Gasteiger partial charge in [0.2, 0.25) is 0 Å². The third-order valence-electron chi connectivity index (χ3n) is 4.90. The molecule has 3 aromatic rings. The predicted molar refractivity (Wildman–Crippen MR) is 116 cm³/mol. The number of aliphatic hydroxyl groups is 1. The fraction of sp³-hybridized carbons (Fsp3) is 0.174. The first-order valence-electron chi connectivity index (χ1n) is 9.51. The lowest BCUT2D eigenvalue weighted by Crippen LogP contribution is -2.29. The Morgan fingerprint density at radius 3 is 2.43 bits per heavy atom. The Kier molecular flexibility index (Phi) is 5.37. The highest BCUT2D eigenvalue weighted by atomic mass is 32.1. The van der Waals surface area contributed by atoms with E-state index in [1.807, 2.05) is 38.1 Å². The van der Waals surface area contributed by atoms with Gasteiger partial charge in [-0.2, -0.15) is 0 Å². The molecule has 1 fully saturated rings. The minimum absolute atomic E-state index is 0.0446. The van der Waals surface area contributed by atoms with Crippen LogP contribution in [0.2, 0.25) is 0 Å². The summed E-state index contributed by atoms with van der Waals surface area (Å²) >= 11 is 1.27. The van der Waals surface area contributed by atoms with Crippen molar-refractivity contribution in [2.45, 2.75) is 19.9 Å². The zero-order valence-electron chi connectivity index (χ0n) is 16.5. The molecule has 152 valence electrons. The summed E-state index contributed by atoms with van der Waals surface area (Å²) in [6.45, 7) is 4.37. The Morgan fingerprint density at radius 2 is 1.83 bits per heavy atom. The third-order valence-corrected chi connectivity index (χ3v) is 5.67. The van der Waals surface area contributed by atoms with Crippen LogP contribution in [0, 0.1) is 6.92 Å². The number of Topliss-reactive ketones (excluding diaryl/α,β-unsaturated/α-hetero) is 1. The van der Waals surface area contributed by atoms with E-state index in [4.69, 9.17) is 4.74 Å². The van der Waals surface area contributed by atoms with Crippen LogP contribution in [-0.4, -0.2) is 28.4 Å². The van der Waals surface area contributed by atoms with Crippen LogP contribution in [-0.2, 0) is 9.59 Å². The number of carbonyl (C=O) groups is 2. The maximum atomic E-state index is 13.0. The largest absolute Gasteiger partial charge is 0.507 e. The number of hydrogen-bond donors (Lipinski definition) is 1. The molecule has 2 heterocycles. The predicted octanol–water partition coefficient (Wildman–Crippen LogP) is 4.48. The average molecular weight is 420 g/mol. The first-order valence-corrected chi connectivity index (χ1v) is 10.4. The fourth-order valence-corrected chi connectivity index (χ4v) is 4.13. The number of amides is 1. The van der Waals surface area contributed by atoms with Gasteiger partial charge in [-0.3, -0.25) is 14.5 Å². The number of rotatable bonds is 5. The van der Waals surface area contributed by atoms with Gasteiger partial charge in [-0.05, 0) is 43.7 Å². The first kappa shape index (κ1) is 19.8. The summed E-state index contributed by atoms with van der Waals surface area (Å²) < 4.78 is 5.44. The molecular weight excluding hydrogens is 400 g/mol. The number of thiazole rings is 1. The van der Waals surface area contributed by atoms with Crippen molar-refractivity contribution >= 4 is 33.9 Å². The Balaban J connectivity index is 1.86. The Morgan fingerprint density at radius 1 is 1.13 bits per heavy atom. The van der Waals surface area contributed by atoms with E-state index in [1.165, 1.54) is 16.2 Å². The van der Waals surface area contributed by atoms with Crippen molar-refractivity contribution in [1.82, 2.24) is 4.98 Å². The molecule has 0 spiro atoms.